The van der Waals surface area contributed by atoms with Crippen molar-refractivity contribution in [2.75, 3.05) is 7.11 Å². The van der Waals surface area contributed by atoms with E-state index in [1.807, 2.05) is 42.5 Å². The Hall–Kier alpha value is -4.30. The Balaban J connectivity index is 1.69. The summed E-state index contributed by atoms with van der Waals surface area (Å²) in [5.74, 6) is -0.0518. The molecule has 0 fully saturated rings. The van der Waals surface area contributed by atoms with Gasteiger partial charge in [0, 0.05) is 22.7 Å². The second kappa shape index (κ2) is 7.86. The zero-order valence-electron chi connectivity index (χ0n) is 19.8. The predicted molar refractivity (Wildman–Crippen MR) is 134 cm³/mol. The SMILES string of the molecule is CCC1(O)C(=O)OCc2c1cc1n(c2=O)Cc2c-1nc1ccc(C=N)cc1c2-c1cccc(OC)c1. The minimum absolute atomic E-state index is 0.0845. The van der Waals surface area contributed by atoms with Crippen LogP contribution in [0.3, 0.4) is 0 Å². The van der Waals surface area contributed by atoms with Gasteiger partial charge in [0.2, 0.25) is 0 Å². The first-order chi connectivity index (χ1) is 17.4. The van der Waals surface area contributed by atoms with Crippen molar-refractivity contribution in [1.29, 1.82) is 5.41 Å². The van der Waals surface area contributed by atoms with Crippen LogP contribution >= 0.6 is 0 Å². The molecular formula is C28H23N3O5. The summed E-state index contributed by atoms with van der Waals surface area (Å²) in [6.45, 7) is 1.79. The molecule has 36 heavy (non-hydrogen) atoms. The number of rotatable bonds is 4. The molecule has 2 aromatic heterocycles. The van der Waals surface area contributed by atoms with Crippen molar-refractivity contribution < 1.29 is 19.4 Å². The Morgan fingerprint density at radius 2 is 2.03 bits per heavy atom. The molecule has 1 unspecified atom stereocenters. The molecule has 0 radical (unpaired) electrons. The summed E-state index contributed by atoms with van der Waals surface area (Å²) in [5, 5.41) is 19.7. The Morgan fingerprint density at radius 1 is 1.19 bits per heavy atom. The molecule has 0 spiro atoms. The predicted octanol–water partition coefficient (Wildman–Crippen LogP) is 3.75. The topological polar surface area (TPSA) is 115 Å². The second-order valence-corrected chi connectivity index (χ2v) is 9.07. The number of methoxy groups -OCH3 is 1. The Labute approximate surface area is 206 Å². The first kappa shape index (κ1) is 22.2. The molecule has 0 aliphatic carbocycles. The minimum Gasteiger partial charge on any atom is -0.497 e. The first-order valence-corrected chi connectivity index (χ1v) is 11.7. The van der Waals surface area contributed by atoms with Crippen LogP contribution in [0.5, 0.6) is 5.75 Å². The third kappa shape index (κ3) is 2.97. The number of ether oxygens (including phenoxy) is 2. The summed E-state index contributed by atoms with van der Waals surface area (Å²) in [4.78, 5) is 31.0. The average Bonchev–Trinajstić information content (AvgIpc) is 3.27. The lowest BCUT2D eigenvalue weighted by Crippen LogP contribution is -2.44. The number of fused-ring (bicyclic) bond motifs is 5. The Kier molecular flexibility index (Phi) is 4.84. The van der Waals surface area contributed by atoms with Gasteiger partial charge in [0.05, 0.1) is 36.1 Å². The number of aliphatic hydroxyl groups is 1. The molecule has 0 bridgehead atoms. The molecule has 0 saturated carbocycles. The van der Waals surface area contributed by atoms with E-state index in [0.717, 1.165) is 27.6 Å². The maximum absolute atomic E-state index is 13.6. The van der Waals surface area contributed by atoms with Crippen molar-refractivity contribution in [2.45, 2.75) is 32.1 Å². The maximum atomic E-state index is 13.6. The van der Waals surface area contributed by atoms with E-state index in [9.17, 15) is 14.7 Å². The number of hydrogen-bond acceptors (Lipinski definition) is 7. The first-order valence-electron chi connectivity index (χ1n) is 11.7. The van der Waals surface area contributed by atoms with Gasteiger partial charge in [-0.25, -0.2) is 9.78 Å². The van der Waals surface area contributed by atoms with Crippen molar-refractivity contribution in [1.82, 2.24) is 9.55 Å². The number of cyclic esters (lactones) is 1. The van der Waals surface area contributed by atoms with E-state index in [4.69, 9.17) is 19.9 Å². The molecule has 2 aliphatic rings. The van der Waals surface area contributed by atoms with Gasteiger partial charge in [-0.15, -0.1) is 0 Å². The Bertz CT molecular complexity index is 1670. The summed E-state index contributed by atoms with van der Waals surface area (Å²) < 4.78 is 12.3. The van der Waals surface area contributed by atoms with Crippen LogP contribution < -0.4 is 10.3 Å². The van der Waals surface area contributed by atoms with Crippen LogP contribution in [0.1, 0.15) is 35.6 Å². The molecule has 0 amide bonds. The lowest BCUT2D eigenvalue weighted by atomic mass is 9.86. The lowest BCUT2D eigenvalue weighted by molar-refractivity contribution is -0.172. The van der Waals surface area contributed by atoms with Crippen LogP contribution in [0.2, 0.25) is 0 Å². The van der Waals surface area contributed by atoms with Crippen LogP contribution in [0, 0.1) is 5.41 Å². The highest BCUT2D eigenvalue weighted by Crippen LogP contribution is 2.43. The quantitative estimate of drug-likeness (QED) is 0.298. The van der Waals surface area contributed by atoms with E-state index in [2.05, 4.69) is 0 Å². The summed E-state index contributed by atoms with van der Waals surface area (Å²) in [6, 6.07) is 15.0. The van der Waals surface area contributed by atoms with Gasteiger partial charge in [-0.2, -0.15) is 0 Å². The molecule has 2 N–H and O–H groups in total. The van der Waals surface area contributed by atoms with E-state index in [1.165, 1.54) is 6.21 Å². The monoisotopic (exact) mass is 481 g/mol. The average molecular weight is 482 g/mol. The molecule has 0 saturated heterocycles. The van der Waals surface area contributed by atoms with Crippen molar-refractivity contribution in [3.8, 4) is 28.3 Å². The standard InChI is InChI=1S/C28H23N3O5/c1-3-28(34)21-11-23-25-19(13-31(23)26(32)20(21)14-36-27(28)33)24(16-5-4-6-17(10-16)35-2)18-9-15(12-29)7-8-22(18)30-25/h4-12,29,34H,3,13-14H2,1-2H3. The van der Waals surface area contributed by atoms with E-state index < -0.39 is 11.6 Å². The van der Waals surface area contributed by atoms with E-state index in [-0.39, 0.29) is 36.3 Å². The van der Waals surface area contributed by atoms with Gasteiger partial charge >= 0.3 is 5.97 Å². The zero-order valence-corrected chi connectivity index (χ0v) is 19.8. The van der Waals surface area contributed by atoms with Crippen LogP contribution in [-0.2, 0) is 28.3 Å². The number of carbonyl (C=O) groups excluding carboxylic acids is 1. The van der Waals surface area contributed by atoms with Crippen LogP contribution in [-0.4, -0.2) is 34.0 Å². The summed E-state index contributed by atoms with van der Waals surface area (Å²) >= 11 is 0. The number of aromatic nitrogens is 2. The fraction of sp³-hybridized carbons (Fsp3) is 0.214. The fourth-order valence-corrected chi connectivity index (χ4v) is 5.30. The van der Waals surface area contributed by atoms with Crippen LogP contribution in [0.15, 0.2) is 53.3 Å². The largest absolute Gasteiger partial charge is 0.497 e. The molecule has 6 rings (SSSR count). The minimum atomic E-state index is -1.88. The van der Waals surface area contributed by atoms with Crippen LogP contribution in [0.4, 0.5) is 0 Å². The summed E-state index contributed by atoms with van der Waals surface area (Å²) in [7, 11) is 1.61. The van der Waals surface area contributed by atoms with Gasteiger partial charge in [0.25, 0.3) is 5.56 Å². The molecule has 1 atom stereocenters. The van der Waals surface area contributed by atoms with E-state index in [1.54, 1.807) is 24.7 Å². The summed E-state index contributed by atoms with van der Waals surface area (Å²) in [5.41, 5.74) is 3.66. The maximum Gasteiger partial charge on any atom is 0.343 e. The van der Waals surface area contributed by atoms with Crippen molar-refractivity contribution >= 4 is 23.1 Å². The highest BCUT2D eigenvalue weighted by Gasteiger charge is 2.45. The molecule has 8 heteroatoms. The smallest absolute Gasteiger partial charge is 0.343 e. The lowest BCUT2D eigenvalue weighted by Gasteiger charge is -2.31. The number of esters is 1. The highest BCUT2D eigenvalue weighted by molar-refractivity contribution is 6.02. The third-order valence-corrected chi connectivity index (χ3v) is 7.24. The number of benzene rings is 2. The van der Waals surface area contributed by atoms with Gasteiger partial charge in [0.1, 0.15) is 12.4 Å². The zero-order chi connectivity index (χ0) is 25.2. The highest BCUT2D eigenvalue weighted by atomic mass is 16.6. The van der Waals surface area contributed by atoms with E-state index >= 15 is 0 Å². The number of nitrogens with zero attached hydrogens (tertiary/aromatic N) is 2. The fourth-order valence-electron chi connectivity index (χ4n) is 5.30. The van der Waals surface area contributed by atoms with Crippen molar-refractivity contribution in [3.63, 3.8) is 0 Å². The van der Waals surface area contributed by atoms with Crippen molar-refractivity contribution in [3.05, 3.63) is 81.1 Å². The third-order valence-electron chi connectivity index (χ3n) is 7.24. The normalized spacial score (nSPS) is 17.8. The molecular weight excluding hydrogens is 458 g/mol. The number of pyridine rings is 2. The Morgan fingerprint density at radius 3 is 2.78 bits per heavy atom. The van der Waals surface area contributed by atoms with Crippen LogP contribution in [0.25, 0.3) is 33.4 Å². The van der Waals surface area contributed by atoms with Gasteiger partial charge in [-0.1, -0.05) is 25.1 Å². The second-order valence-electron chi connectivity index (χ2n) is 9.07. The van der Waals surface area contributed by atoms with Gasteiger partial charge in [0.15, 0.2) is 5.60 Å². The molecule has 2 aliphatic heterocycles. The van der Waals surface area contributed by atoms with Crippen molar-refractivity contribution in [2.24, 2.45) is 0 Å². The van der Waals surface area contributed by atoms with Gasteiger partial charge < -0.3 is 24.6 Å². The van der Waals surface area contributed by atoms with Gasteiger partial charge in [-0.3, -0.25) is 4.79 Å². The number of nitrogens with one attached hydrogen (secondary N) is 1. The molecule has 2 aromatic carbocycles. The molecule has 180 valence electrons. The molecule has 4 heterocycles. The number of carbonyl (C=O) groups is 1. The van der Waals surface area contributed by atoms with Gasteiger partial charge in [-0.05, 0) is 53.4 Å². The molecule has 4 aromatic rings. The summed E-state index contributed by atoms with van der Waals surface area (Å²) in [6.07, 6.45) is 1.37. The number of hydrogen-bond donors (Lipinski definition) is 2. The molecule has 8 nitrogen and oxygen atoms in total. The van der Waals surface area contributed by atoms with E-state index in [0.29, 0.717) is 22.7 Å².